The van der Waals surface area contributed by atoms with E-state index in [0.29, 0.717) is 18.2 Å². The van der Waals surface area contributed by atoms with Gasteiger partial charge in [0.25, 0.3) is 0 Å². The molecule has 0 fully saturated rings. The molecule has 2 aromatic rings. The van der Waals surface area contributed by atoms with Crippen molar-refractivity contribution in [1.29, 1.82) is 0 Å². The first-order chi connectivity index (χ1) is 8.15. The van der Waals surface area contributed by atoms with Crippen LogP contribution in [0.25, 0.3) is 0 Å². The van der Waals surface area contributed by atoms with Gasteiger partial charge < -0.3 is 11.1 Å². The predicted molar refractivity (Wildman–Crippen MR) is 72.1 cm³/mol. The first-order valence-electron chi connectivity index (χ1n) is 4.93. The second kappa shape index (κ2) is 5.15. The molecule has 88 valence electrons. The quantitative estimate of drug-likeness (QED) is 0.816. The zero-order valence-corrected chi connectivity index (χ0v) is 10.8. The molecule has 2 rings (SSSR count). The number of nitrogens with one attached hydrogen (secondary N) is 1. The number of nitrogens with zero attached hydrogens (tertiary/aromatic N) is 3. The Bertz CT molecular complexity index is 523. The summed E-state index contributed by atoms with van der Waals surface area (Å²) in [5, 5.41) is 6.00. The predicted octanol–water partition coefficient (Wildman–Crippen LogP) is 1.49. The van der Waals surface area contributed by atoms with Gasteiger partial charge >= 0.3 is 0 Å². The summed E-state index contributed by atoms with van der Waals surface area (Å²) in [4.78, 5) is 12.9. The molecule has 0 aliphatic rings. The van der Waals surface area contributed by atoms with E-state index in [1.54, 1.807) is 23.6 Å². The van der Waals surface area contributed by atoms with E-state index in [1.165, 1.54) is 0 Å². The smallest absolute Gasteiger partial charge is 0.223 e. The Labute approximate surface area is 108 Å². The van der Waals surface area contributed by atoms with Gasteiger partial charge in [0.15, 0.2) is 0 Å². The Morgan fingerprint density at radius 3 is 3.00 bits per heavy atom. The van der Waals surface area contributed by atoms with Crippen LogP contribution in [0.5, 0.6) is 0 Å². The normalized spacial score (nSPS) is 10.2. The summed E-state index contributed by atoms with van der Waals surface area (Å²) in [5.41, 5.74) is 6.95. The van der Waals surface area contributed by atoms with Crippen molar-refractivity contribution >= 4 is 34.5 Å². The molecule has 0 unspecified atom stereocenters. The minimum absolute atomic E-state index is 0.271. The van der Waals surface area contributed by atoms with Gasteiger partial charge in [-0.1, -0.05) is 12.2 Å². The molecule has 0 radical (unpaired) electrons. The van der Waals surface area contributed by atoms with Crippen LogP contribution >= 0.6 is 23.6 Å². The summed E-state index contributed by atoms with van der Waals surface area (Å²) in [6.45, 7) is 2.47. The van der Waals surface area contributed by atoms with Gasteiger partial charge in [0.1, 0.15) is 15.7 Å². The number of hydrogen-bond acceptors (Lipinski definition) is 6. The van der Waals surface area contributed by atoms with Crippen LogP contribution in [0.1, 0.15) is 16.4 Å². The van der Waals surface area contributed by atoms with E-state index in [1.807, 2.05) is 12.3 Å². The van der Waals surface area contributed by atoms with Gasteiger partial charge in [-0.25, -0.2) is 15.0 Å². The van der Waals surface area contributed by atoms with Crippen molar-refractivity contribution in [3.8, 4) is 0 Å². The molecule has 3 N–H and O–H groups in total. The summed E-state index contributed by atoms with van der Waals surface area (Å²) in [5.74, 6) is 0.517. The molecular weight excluding hydrogens is 254 g/mol. The monoisotopic (exact) mass is 265 g/mol. The number of thiazole rings is 1. The van der Waals surface area contributed by atoms with Crippen LogP contribution in [-0.2, 0) is 6.54 Å². The number of rotatable bonds is 4. The highest BCUT2D eigenvalue weighted by Crippen LogP contribution is 2.08. The Kier molecular flexibility index (Phi) is 3.60. The topological polar surface area (TPSA) is 76.7 Å². The molecule has 0 spiro atoms. The zero-order chi connectivity index (χ0) is 12.3. The van der Waals surface area contributed by atoms with Gasteiger partial charge in [-0.2, -0.15) is 0 Å². The van der Waals surface area contributed by atoms with Gasteiger partial charge in [-0.3, -0.25) is 0 Å². The zero-order valence-electron chi connectivity index (χ0n) is 9.17. The Morgan fingerprint density at radius 2 is 2.35 bits per heavy atom. The average Bonchev–Trinajstić information content (AvgIpc) is 2.78. The lowest BCUT2D eigenvalue weighted by atomic mass is 10.3. The summed E-state index contributed by atoms with van der Waals surface area (Å²) < 4.78 is 0. The number of aromatic nitrogens is 3. The van der Waals surface area contributed by atoms with E-state index in [0.717, 1.165) is 10.7 Å². The fourth-order valence-corrected chi connectivity index (χ4v) is 1.93. The van der Waals surface area contributed by atoms with Crippen molar-refractivity contribution in [3.05, 3.63) is 34.0 Å². The third kappa shape index (κ3) is 3.18. The fraction of sp³-hybridized carbons (Fsp3) is 0.200. The SMILES string of the molecule is Cc1cc(C(N)=S)nc(NCc2nccs2)n1. The lowest BCUT2D eigenvalue weighted by Gasteiger charge is -2.05. The molecule has 0 atom stereocenters. The molecule has 2 heterocycles. The van der Waals surface area contributed by atoms with E-state index in [2.05, 4.69) is 20.3 Å². The van der Waals surface area contributed by atoms with Crippen LogP contribution in [0, 0.1) is 6.92 Å². The van der Waals surface area contributed by atoms with E-state index < -0.39 is 0 Å². The molecule has 7 heteroatoms. The highest BCUT2D eigenvalue weighted by molar-refractivity contribution is 7.80. The maximum Gasteiger partial charge on any atom is 0.223 e. The standard InChI is InChI=1S/C10H11N5S2/c1-6-4-7(9(11)16)15-10(14-6)13-5-8-12-2-3-17-8/h2-4H,5H2,1H3,(H2,11,16)(H,13,14,15). The second-order valence-corrected chi connectivity index (χ2v) is 4.78. The number of thiocarbonyl (C=S) groups is 1. The molecule has 17 heavy (non-hydrogen) atoms. The Hall–Kier alpha value is -1.60. The lowest BCUT2D eigenvalue weighted by Crippen LogP contribution is -2.14. The second-order valence-electron chi connectivity index (χ2n) is 3.36. The van der Waals surface area contributed by atoms with Crippen LogP contribution in [0.4, 0.5) is 5.95 Å². The Morgan fingerprint density at radius 1 is 1.53 bits per heavy atom. The number of nitrogens with two attached hydrogens (primary N) is 1. The highest BCUT2D eigenvalue weighted by Gasteiger charge is 2.04. The number of aryl methyl sites for hydroxylation is 1. The minimum Gasteiger partial charge on any atom is -0.388 e. The van der Waals surface area contributed by atoms with E-state index >= 15 is 0 Å². The highest BCUT2D eigenvalue weighted by atomic mass is 32.1. The van der Waals surface area contributed by atoms with Crippen LogP contribution in [0.3, 0.4) is 0 Å². The summed E-state index contributed by atoms with van der Waals surface area (Å²) >= 11 is 6.47. The molecule has 0 aromatic carbocycles. The van der Waals surface area contributed by atoms with Gasteiger partial charge in [0.2, 0.25) is 5.95 Å². The van der Waals surface area contributed by atoms with Crippen molar-refractivity contribution in [1.82, 2.24) is 15.0 Å². The van der Waals surface area contributed by atoms with Crippen molar-refractivity contribution in [3.63, 3.8) is 0 Å². The Balaban J connectivity index is 2.13. The molecule has 0 aliphatic carbocycles. The molecule has 0 aliphatic heterocycles. The van der Waals surface area contributed by atoms with Crippen molar-refractivity contribution in [2.75, 3.05) is 5.32 Å². The average molecular weight is 265 g/mol. The minimum atomic E-state index is 0.271. The lowest BCUT2D eigenvalue weighted by molar-refractivity contribution is 1.01. The maximum absolute atomic E-state index is 5.55. The van der Waals surface area contributed by atoms with Gasteiger partial charge in [-0.05, 0) is 13.0 Å². The fourth-order valence-electron chi connectivity index (χ4n) is 1.27. The van der Waals surface area contributed by atoms with Crippen LogP contribution < -0.4 is 11.1 Å². The third-order valence-electron chi connectivity index (χ3n) is 1.99. The van der Waals surface area contributed by atoms with E-state index in [4.69, 9.17) is 18.0 Å². The van der Waals surface area contributed by atoms with Crippen LogP contribution in [0.2, 0.25) is 0 Å². The maximum atomic E-state index is 5.55. The van der Waals surface area contributed by atoms with Crippen LogP contribution in [0.15, 0.2) is 17.6 Å². The molecule has 0 saturated carbocycles. The van der Waals surface area contributed by atoms with Gasteiger partial charge in [-0.15, -0.1) is 11.3 Å². The van der Waals surface area contributed by atoms with E-state index in [9.17, 15) is 0 Å². The molecule has 0 saturated heterocycles. The first-order valence-corrected chi connectivity index (χ1v) is 6.21. The third-order valence-corrected chi connectivity index (χ3v) is 2.98. The number of anilines is 1. The molecule has 2 aromatic heterocycles. The molecule has 0 amide bonds. The van der Waals surface area contributed by atoms with Crippen LogP contribution in [-0.4, -0.2) is 19.9 Å². The largest absolute Gasteiger partial charge is 0.388 e. The molecule has 5 nitrogen and oxygen atoms in total. The van der Waals surface area contributed by atoms with Gasteiger partial charge in [0.05, 0.1) is 6.54 Å². The first kappa shape index (κ1) is 11.9. The van der Waals surface area contributed by atoms with Crippen molar-refractivity contribution < 1.29 is 0 Å². The van der Waals surface area contributed by atoms with E-state index in [-0.39, 0.29) is 4.99 Å². The van der Waals surface area contributed by atoms with Gasteiger partial charge in [0, 0.05) is 17.3 Å². The van der Waals surface area contributed by atoms with Crippen molar-refractivity contribution in [2.45, 2.75) is 13.5 Å². The summed E-state index contributed by atoms with van der Waals surface area (Å²) in [6.07, 6.45) is 1.76. The molecular formula is C10H11N5S2. The summed E-state index contributed by atoms with van der Waals surface area (Å²) in [6, 6.07) is 1.76. The van der Waals surface area contributed by atoms with Crippen molar-refractivity contribution in [2.24, 2.45) is 5.73 Å². The summed E-state index contributed by atoms with van der Waals surface area (Å²) in [7, 11) is 0. The molecule has 0 bridgehead atoms. The number of hydrogen-bond donors (Lipinski definition) is 2.